The van der Waals surface area contributed by atoms with Crippen molar-refractivity contribution in [3.63, 3.8) is 0 Å². The number of ether oxygens (including phenoxy) is 1. The largest absolute Gasteiger partial charge is 0.436 e. The number of benzene rings is 1. The van der Waals surface area contributed by atoms with Gasteiger partial charge in [-0.25, -0.2) is 17.8 Å². The summed E-state index contributed by atoms with van der Waals surface area (Å²) >= 11 is 3.16. The van der Waals surface area contributed by atoms with Crippen LogP contribution >= 0.6 is 15.9 Å². The molecule has 5 nitrogen and oxygen atoms in total. The normalized spacial score (nSPS) is 15.7. The molecule has 23 heavy (non-hydrogen) atoms. The van der Waals surface area contributed by atoms with Crippen LogP contribution in [-0.2, 0) is 10.0 Å². The lowest BCUT2D eigenvalue weighted by Crippen LogP contribution is -2.27. The molecule has 0 unspecified atom stereocenters. The van der Waals surface area contributed by atoms with Crippen molar-refractivity contribution >= 4 is 26.0 Å². The fourth-order valence-electron chi connectivity index (χ4n) is 2.33. The zero-order chi connectivity index (χ0) is 16.4. The van der Waals surface area contributed by atoms with Gasteiger partial charge in [0.25, 0.3) is 0 Å². The molecule has 3 rings (SSSR count). The number of hydrogen-bond donors (Lipinski definition) is 0. The molecule has 1 aromatic carbocycles. The first-order valence-electron chi connectivity index (χ1n) is 7.06. The Hall–Kier alpha value is -1.51. The van der Waals surface area contributed by atoms with Crippen molar-refractivity contribution in [3.05, 3.63) is 46.8 Å². The molecule has 0 N–H and O–H groups in total. The predicted octanol–water partition coefficient (Wildman–Crippen LogP) is 3.56. The minimum absolute atomic E-state index is 0.0239. The van der Waals surface area contributed by atoms with Crippen LogP contribution < -0.4 is 4.74 Å². The highest BCUT2D eigenvalue weighted by atomic mass is 79.9. The van der Waals surface area contributed by atoms with Gasteiger partial charge in [-0.15, -0.1) is 0 Å². The summed E-state index contributed by atoms with van der Waals surface area (Å²) in [6.07, 6.45) is 2.98. The van der Waals surface area contributed by atoms with E-state index in [1.165, 1.54) is 34.8 Å². The van der Waals surface area contributed by atoms with Crippen molar-refractivity contribution in [1.29, 1.82) is 0 Å². The van der Waals surface area contributed by atoms with Crippen LogP contribution in [0.1, 0.15) is 12.8 Å². The molecule has 8 heteroatoms. The summed E-state index contributed by atoms with van der Waals surface area (Å²) in [6.45, 7) is 1.06. The number of rotatable bonds is 4. The second-order valence-electron chi connectivity index (χ2n) is 5.12. The van der Waals surface area contributed by atoms with E-state index in [9.17, 15) is 12.8 Å². The van der Waals surface area contributed by atoms with E-state index in [0.29, 0.717) is 17.6 Å². The maximum atomic E-state index is 13.7. The van der Waals surface area contributed by atoms with E-state index in [0.717, 1.165) is 12.8 Å². The molecule has 2 aromatic rings. The first kappa shape index (κ1) is 16.4. The minimum atomic E-state index is -3.51. The first-order valence-corrected chi connectivity index (χ1v) is 9.29. The van der Waals surface area contributed by atoms with E-state index in [-0.39, 0.29) is 16.5 Å². The Balaban J connectivity index is 1.79. The lowest BCUT2D eigenvalue weighted by Gasteiger charge is -2.15. The van der Waals surface area contributed by atoms with Gasteiger partial charge in [0.2, 0.25) is 15.9 Å². The maximum absolute atomic E-state index is 13.7. The van der Waals surface area contributed by atoms with Gasteiger partial charge in [-0.3, -0.25) is 0 Å². The fraction of sp³-hybridized carbons (Fsp3) is 0.267. The van der Waals surface area contributed by atoms with Gasteiger partial charge in [-0.05, 0) is 37.1 Å². The molecular formula is C15H14BrFN2O3S. The Morgan fingerprint density at radius 2 is 1.91 bits per heavy atom. The smallest absolute Gasteiger partial charge is 0.244 e. The molecule has 1 saturated heterocycles. The molecule has 0 bridgehead atoms. The van der Waals surface area contributed by atoms with Crippen LogP contribution in [0, 0.1) is 5.82 Å². The number of nitrogens with zero attached hydrogens (tertiary/aromatic N) is 2. The second kappa shape index (κ2) is 6.54. The van der Waals surface area contributed by atoms with Crippen molar-refractivity contribution in [2.45, 2.75) is 17.7 Å². The number of halogens is 2. The van der Waals surface area contributed by atoms with Crippen LogP contribution in [0.15, 0.2) is 45.9 Å². The van der Waals surface area contributed by atoms with E-state index in [4.69, 9.17) is 4.74 Å². The van der Waals surface area contributed by atoms with Gasteiger partial charge in [0, 0.05) is 23.6 Å². The summed E-state index contributed by atoms with van der Waals surface area (Å²) in [5.41, 5.74) is 0. The van der Waals surface area contributed by atoms with Gasteiger partial charge in [0.1, 0.15) is 4.90 Å². The van der Waals surface area contributed by atoms with Crippen LogP contribution in [0.25, 0.3) is 0 Å². The summed E-state index contributed by atoms with van der Waals surface area (Å²) in [5, 5.41) is 0. The van der Waals surface area contributed by atoms with Crippen LogP contribution in [0.5, 0.6) is 11.6 Å². The zero-order valence-electron chi connectivity index (χ0n) is 12.1. The van der Waals surface area contributed by atoms with E-state index in [1.54, 1.807) is 6.07 Å². The van der Waals surface area contributed by atoms with Gasteiger partial charge in [-0.1, -0.05) is 15.9 Å². The molecule has 0 radical (unpaired) electrons. The maximum Gasteiger partial charge on any atom is 0.244 e. The summed E-state index contributed by atoms with van der Waals surface area (Å²) in [7, 11) is -3.51. The molecule has 0 aliphatic carbocycles. The quantitative estimate of drug-likeness (QED) is 0.786. The summed E-state index contributed by atoms with van der Waals surface area (Å²) < 4.78 is 45.9. The lowest BCUT2D eigenvalue weighted by atomic mass is 10.3. The SMILES string of the molecule is O=S(=O)(c1ccc(Oc2ccc(Br)cc2F)nc1)N1CCCC1. The highest BCUT2D eigenvalue weighted by molar-refractivity contribution is 9.10. The van der Waals surface area contributed by atoms with E-state index in [1.807, 2.05) is 0 Å². The Labute approximate surface area is 142 Å². The fourth-order valence-corrected chi connectivity index (χ4v) is 4.12. The highest BCUT2D eigenvalue weighted by Gasteiger charge is 2.27. The number of aromatic nitrogens is 1. The van der Waals surface area contributed by atoms with Gasteiger partial charge >= 0.3 is 0 Å². The van der Waals surface area contributed by atoms with E-state index >= 15 is 0 Å². The Bertz CT molecular complexity index is 806. The molecule has 0 spiro atoms. The molecule has 1 aromatic heterocycles. The number of hydrogen-bond acceptors (Lipinski definition) is 4. The molecular weight excluding hydrogens is 387 g/mol. The van der Waals surface area contributed by atoms with Crippen LogP contribution in [0.3, 0.4) is 0 Å². The molecule has 1 aliphatic heterocycles. The van der Waals surface area contributed by atoms with Gasteiger partial charge in [0.15, 0.2) is 11.6 Å². The average Bonchev–Trinajstić information content (AvgIpc) is 3.06. The molecule has 0 amide bonds. The Morgan fingerprint density at radius 3 is 2.52 bits per heavy atom. The van der Waals surface area contributed by atoms with Crippen LogP contribution in [0.4, 0.5) is 4.39 Å². The molecule has 122 valence electrons. The van der Waals surface area contributed by atoms with Crippen molar-refractivity contribution in [3.8, 4) is 11.6 Å². The molecule has 0 saturated carbocycles. The van der Waals surface area contributed by atoms with Gasteiger partial charge in [-0.2, -0.15) is 4.31 Å². The molecule has 1 fully saturated rings. The monoisotopic (exact) mass is 400 g/mol. The molecule has 1 aliphatic rings. The summed E-state index contributed by atoms with van der Waals surface area (Å²) in [4.78, 5) is 4.08. The minimum Gasteiger partial charge on any atom is -0.436 e. The third-order valence-electron chi connectivity index (χ3n) is 3.52. The highest BCUT2D eigenvalue weighted by Crippen LogP contribution is 2.27. The Kier molecular flexibility index (Phi) is 4.65. The van der Waals surface area contributed by atoms with Crippen LogP contribution in [-0.4, -0.2) is 30.8 Å². The molecule has 2 heterocycles. The second-order valence-corrected chi connectivity index (χ2v) is 7.97. The number of sulfonamides is 1. The standard InChI is InChI=1S/C15H14BrFN2O3S/c16-11-3-5-14(13(17)9-11)22-15-6-4-12(10-18-15)23(20,21)19-7-1-2-8-19/h3-6,9-10H,1-2,7-8H2. The topological polar surface area (TPSA) is 59.5 Å². The first-order chi connectivity index (χ1) is 11.0. The van der Waals surface area contributed by atoms with Crippen molar-refractivity contribution in [2.75, 3.05) is 13.1 Å². The predicted molar refractivity (Wildman–Crippen MR) is 86.4 cm³/mol. The zero-order valence-corrected chi connectivity index (χ0v) is 14.5. The van der Waals surface area contributed by atoms with Gasteiger partial charge in [0.05, 0.1) is 6.20 Å². The third kappa shape index (κ3) is 3.54. The van der Waals surface area contributed by atoms with E-state index in [2.05, 4.69) is 20.9 Å². The Morgan fingerprint density at radius 1 is 1.17 bits per heavy atom. The van der Waals surface area contributed by atoms with Gasteiger partial charge < -0.3 is 4.74 Å². The van der Waals surface area contributed by atoms with Crippen molar-refractivity contribution in [2.24, 2.45) is 0 Å². The average molecular weight is 401 g/mol. The molecule has 0 atom stereocenters. The lowest BCUT2D eigenvalue weighted by molar-refractivity contribution is 0.426. The van der Waals surface area contributed by atoms with E-state index < -0.39 is 15.8 Å². The van der Waals surface area contributed by atoms with Crippen LogP contribution in [0.2, 0.25) is 0 Å². The van der Waals surface area contributed by atoms with Crippen molar-refractivity contribution < 1.29 is 17.5 Å². The van der Waals surface area contributed by atoms with Crippen molar-refractivity contribution in [1.82, 2.24) is 9.29 Å². The third-order valence-corrected chi connectivity index (χ3v) is 5.90. The number of pyridine rings is 1. The summed E-state index contributed by atoms with van der Waals surface area (Å²) in [5.74, 6) is -0.377. The summed E-state index contributed by atoms with van der Waals surface area (Å²) in [6, 6.07) is 7.24.